The summed E-state index contributed by atoms with van der Waals surface area (Å²) in [5.74, 6) is 0.590. The molecule has 0 saturated heterocycles. The molecule has 70 valence electrons. The molecule has 0 aromatic rings. The molecule has 1 aliphatic rings. The molecule has 0 atom stereocenters. The summed E-state index contributed by atoms with van der Waals surface area (Å²) < 4.78 is 25.8. The summed E-state index contributed by atoms with van der Waals surface area (Å²) in [5.41, 5.74) is 0. The molecule has 4 heteroatoms. The van der Waals surface area contributed by atoms with Gasteiger partial charge >= 0.3 is 0 Å². The second kappa shape index (κ2) is 4.05. The highest BCUT2D eigenvalue weighted by Crippen LogP contribution is 2.21. The van der Waals surface area contributed by atoms with E-state index in [9.17, 15) is 8.42 Å². The molecule has 0 amide bonds. The van der Waals surface area contributed by atoms with Gasteiger partial charge in [-0.05, 0) is 25.2 Å². The van der Waals surface area contributed by atoms with Gasteiger partial charge in [-0.25, -0.2) is 0 Å². The first-order valence-corrected chi connectivity index (χ1v) is 5.89. The largest absolute Gasteiger partial charge is 0.270 e. The van der Waals surface area contributed by atoms with Gasteiger partial charge in [-0.1, -0.05) is 12.2 Å². The number of hydrogen-bond donors (Lipinski definition) is 0. The summed E-state index contributed by atoms with van der Waals surface area (Å²) in [6.45, 7) is 0.325. The maximum atomic E-state index is 10.6. The predicted molar refractivity (Wildman–Crippen MR) is 47.3 cm³/mol. The van der Waals surface area contributed by atoms with E-state index in [2.05, 4.69) is 16.3 Å². The van der Waals surface area contributed by atoms with Crippen molar-refractivity contribution in [2.24, 2.45) is 5.92 Å². The van der Waals surface area contributed by atoms with Crippen LogP contribution in [-0.4, -0.2) is 21.3 Å². The molecule has 0 spiro atoms. The lowest BCUT2D eigenvalue weighted by Gasteiger charge is -2.07. The Morgan fingerprint density at radius 1 is 1.42 bits per heavy atom. The Morgan fingerprint density at radius 3 is 2.50 bits per heavy atom. The summed E-state index contributed by atoms with van der Waals surface area (Å²) in [6, 6.07) is 0. The van der Waals surface area contributed by atoms with Gasteiger partial charge in [-0.2, -0.15) is 8.42 Å². The van der Waals surface area contributed by atoms with E-state index in [-0.39, 0.29) is 0 Å². The predicted octanol–water partition coefficient (Wildman–Crippen LogP) is 1.32. The van der Waals surface area contributed by atoms with Gasteiger partial charge in [0.25, 0.3) is 10.1 Å². The SMILES string of the molecule is CS(=O)(=O)OCCC1CC=CC1. The fraction of sp³-hybridized carbons (Fsp3) is 0.750. The molecule has 0 aromatic carbocycles. The van der Waals surface area contributed by atoms with E-state index in [0.717, 1.165) is 25.5 Å². The molecule has 0 radical (unpaired) electrons. The Hall–Kier alpha value is -0.350. The lowest BCUT2D eigenvalue weighted by molar-refractivity contribution is 0.288. The summed E-state index contributed by atoms with van der Waals surface area (Å²) >= 11 is 0. The van der Waals surface area contributed by atoms with Crippen LogP contribution in [0.15, 0.2) is 12.2 Å². The monoisotopic (exact) mass is 190 g/mol. The van der Waals surface area contributed by atoms with E-state index in [1.54, 1.807) is 0 Å². The number of rotatable bonds is 4. The summed E-state index contributed by atoms with van der Waals surface area (Å²) in [6.07, 6.45) is 8.30. The molecule has 0 bridgehead atoms. The van der Waals surface area contributed by atoms with Crippen LogP contribution in [0, 0.1) is 5.92 Å². The van der Waals surface area contributed by atoms with Crippen LogP contribution < -0.4 is 0 Å². The first kappa shape index (κ1) is 9.74. The van der Waals surface area contributed by atoms with Crippen molar-refractivity contribution in [1.29, 1.82) is 0 Å². The Morgan fingerprint density at radius 2 is 2.00 bits per heavy atom. The molecule has 0 saturated carbocycles. The minimum Gasteiger partial charge on any atom is -0.270 e. The first-order valence-electron chi connectivity index (χ1n) is 4.07. The van der Waals surface area contributed by atoms with Crippen LogP contribution >= 0.6 is 0 Å². The van der Waals surface area contributed by atoms with Crippen LogP contribution in [0.5, 0.6) is 0 Å². The summed E-state index contributed by atoms with van der Waals surface area (Å²) in [4.78, 5) is 0. The molecule has 0 aromatic heterocycles. The van der Waals surface area contributed by atoms with Crippen LogP contribution in [0.3, 0.4) is 0 Å². The number of hydrogen-bond acceptors (Lipinski definition) is 3. The highest BCUT2D eigenvalue weighted by molar-refractivity contribution is 7.85. The number of allylic oxidation sites excluding steroid dienone is 2. The molecule has 3 nitrogen and oxygen atoms in total. The standard InChI is InChI=1S/C8H14O3S/c1-12(9,10)11-7-6-8-4-2-3-5-8/h2-3,8H,4-7H2,1H3. The Balaban J connectivity index is 2.11. The van der Waals surface area contributed by atoms with Crippen LogP contribution in [-0.2, 0) is 14.3 Å². The molecule has 0 unspecified atom stereocenters. The van der Waals surface area contributed by atoms with Gasteiger partial charge in [0, 0.05) is 0 Å². The zero-order valence-corrected chi connectivity index (χ0v) is 8.01. The molecule has 12 heavy (non-hydrogen) atoms. The lowest BCUT2D eigenvalue weighted by atomic mass is 10.0. The fourth-order valence-corrected chi connectivity index (χ4v) is 1.67. The third-order valence-corrected chi connectivity index (χ3v) is 2.52. The third-order valence-electron chi connectivity index (χ3n) is 1.93. The van der Waals surface area contributed by atoms with E-state index in [1.165, 1.54) is 0 Å². The molecular formula is C8H14O3S. The van der Waals surface area contributed by atoms with E-state index >= 15 is 0 Å². The minimum atomic E-state index is -3.24. The molecular weight excluding hydrogens is 176 g/mol. The summed E-state index contributed by atoms with van der Waals surface area (Å²) in [5, 5.41) is 0. The van der Waals surface area contributed by atoms with Gasteiger partial charge in [-0.3, -0.25) is 4.18 Å². The zero-order valence-electron chi connectivity index (χ0n) is 7.19. The van der Waals surface area contributed by atoms with Gasteiger partial charge in [0.05, 0.1) is 12.9 Å². The van der Waals surface area contributed by atoms with Crippen molar-refractivity contribution in [1.82, 2.24) is 0 Å². The van der Waals surface area contributed by atoms with Gasteiger partial charge in [0.2, 0.25) is 0 Å². The van der Waals surface area contributed by atoms with E-state index < -0.39 is 10.1 Å². The van der Waals surface area contributed by atoms with Crippen LogP contribution in [0.25, 0.3) is 0 Å². The van der Waals surface area contributed by atoms with Crippen molar-refractivity contribution in [3.63, 3.8) is 0 Å². The molecule has 0 fully saturated rings. The molecule has 0 heterocycles. The molecule has 1 aliphatic carbocycles. The maximum absolute atomic E-state index is 10.6. The van der Waals surface area contributed by atoms with E-state index in [0.29, 0.717) is 12.5 Å². The molecule has 1 rings (SSSR count). The topological polar surface area (TPSA) is 43.4 Å². The third kappa shape index (κ3) is 3.88. The second-order valence-electron chi connectivity index (χ2n) is 3.12. The Labute approximate surface area is 73.5 Å². The minimum absolute atomic E-state index is 0.325. The maximum Gasteiger partial charge on any atom is 0.264 e. The highest BCUT2D eigenvalue weighted by atomic mass is 32.2. The van der Waals surface area contributed by atoms with Crippen LogP contribution in [0.4, 0.5) is 0 Å². The Kier molecular flexibility index (Phi) is 3.29. The first-order chi connectivity index (χ1) is 5.58. The second-order valence-corrected chi connectivity index (χ2v) is 4.77. The molecule has 0 aliphatic heterocycles. The molecule has 0 N–H and O–H groups in total. The van der Waals surface area contributed by atoms with Crippen molar-refractivity contribution >= 4 is 10.1 Å². The van der Waals surface area contributed by atoms with Gasteiger partial charge < -0.3 is 0 Å². The van der Waals surface area contributed by atoms with Crippen molar-refractivity contribution in [2.75, 3.05) is 12.9 Å². The Bertz CT molecular complexity index is 245. The average molecular weight is 190 g/mol. The average Bonchev–Trinajstić information content (AvgIpc) is 2.36. The van der Waals surface area contributed by atoms with Crippen LogP contribution in [0.2, 0.25) is 0 Å². The van der Waals surface area contributed by atoms with Crippen molar-refractivity contribution in [3.05, 3.63) is 12.2 Å². The van der Waals surface area contributed by atoms with Gasteiger partial charge in [0.15, 0.2) is 0 Å². The summed E-state index contributed by atoms with van der Waals surface area (Å²) in [7, 11) is -3.24. The van der Waals surface area contributed by atoms with Crippen molar-refractivity contribution < 1.29 is 12.6 Å². The normalized spacial score (nSPS) is 18.8. The van der Waals surface area contributed by atoms with Gasteiger partial charge in [-0.15, -0.1) is 0 Å². The van der Waals surface area contributed by atoms with Gasteiger partial charge in [0.1, 0.15) is 0 Å². The fourth-order valence-electron chi connectivity index (χ4n) is 1.28. The van der Waals surface area contributed by atoms with Crippen molar-refractivity contribution in [3.8, 4) is 0 Å². The van der Waals surface area contributed by atoms with Crippen LogP contribution in [0.1, 0.15) is 19.3 Å². The van der Waals surface area contributed by atoms with E-state index in [1.807, 2.05) is 0 Å². The van der Waals surface area contributed by atoms with Crippen molar-refractivity contribution in [2.45, 2.75) is 19.3 Å². The quantitative estimate of drug-likeness (QED) is 0.496. The van der Waals surface area contributed by atoms with E-state index in [4.69, 9.17) is 0 Å². The lowest BCUT2D eigenvalue weighted by Crippen LogP contribution is -2.07. The zero-order chi connectivity index (χ0) is 9.03. The smallest absolute Gasteiger partial charge is 0.264 e. The highest BCUT2D eigenvalue weighted by Gasteiger charge is 2.11.